The van der Waals surface area contributed by atoms with Gasteiger partial charge in [0.25, 0.3) is 0 Å². The molecule has 9 atom stereocenters. The smallest absolute Gasteiger partial charge is 0.245 e. The molecule has 4 N–H and O–H groups in total. The number of thiazole rings is 1. The normalized spacial score (nSPS) is 18.2. The fourth-order valence-corrected chi connectivity index (χ4v) is 9.80. The van der Waals surface area contributed by atoms with Crippen molar-refractivity contribution in [2.24, 2.45) is 29.6 Å². The van der Waals surface area contributed by atoms with Crippen molar-refractivity contribution in [2.45, 2.75) is 130 Å². The van der Waals surface area contributed by atoms with Crippen molar-refractivity contribution in [3.8, 4) is 0 Å². The summed E-state index contributed by atoms with van der Waals surface area (Å²) >= 11 is 1.53. The van der Waals surface area contributed by atoms with Crippen LogP contribution >= 0.6 is 11.3 Å². The second-order valence-corrected chi connectivity index (χ2v) is 19.2. The van der Waals surface area contributed by atoms with E-state index >= 15 is 0 Å². The number of benzene rings is 2. The van der Waals surface area contributed by atoms with Crippen LogP contribution in [0.4, 0.5) is 5.69 Å². The van der Waals surface area contributed by atoms with Gasteiger partial charge < -0.3 is 30.9 Å². The second kappa shape index (κ2) is 23.9. The van der Waals surface area contributed by atoms with Gasteiger partial charge in [0.15, 0.2) is 0 Å². The average Bonchev–Trinajstić information content (AvgIpc) is 3.98. The number of hydrogen-bond donors (Lipinski definition) is 3. The number of nitrogen functional groups attached to an aromatic ring is 1. The third-order valence-electron chi connectivity index (χ3n) is 13.2. The summed E-state index contributed by atoms with van der Waals surface area (Å²) in [6.07, 6.45) is 5.05. The summed E-state index contributed by atoms with van der Waals surface area (Å²) in [6, 6.07) is 15.8. The van der Waals surface area contributed by atoms with Crippen molar-refractivity contribution < 1.29 is 23.9 Å². The van der Waals surface area contributed by atoms with Gasteiger partial charge in [-0.3, -0.25) is 24.1 Å². The molecule has 62 heavy (non-hydrogen) atoms. The van der Waals surface area contributed by atoms with E-state index < -0.39 is 24.2 Å². The highest BCUT2D eigenvalue weighted by Crippen LogP contribution is 2.32. The molecule has 0 saturated carbocycles. The zero-order valence-electron chi connectivity index (χ0n) is 39.2. The standard InChI is InChI=1S/C49H75N7O5S/c1-12-33(6)45(55(10)49(60)43(31(2)3)53-47(59)44(32(4)5)54(9)27-24-36-20-22-38(50)23-21-36)41(61-11)30-42(57)56-26-16-19-40(56)34(7)35(8)46(58)52-39(48-51-25-28-62-48)29-37-17-14-13-15-18-37/h13-15,17-18,20-23,25,28,31-35,39-41,43-45H,12,16,19,24,26-27,29-30,50H2,1-11H3,(H,52,58)(H,53,59)/t33-,34+,35+,39-,40-,41+,43-,44-,45-/m0/s1. The Balaban J connectivity index is 1.45. The molecule has 2 aromatic carbocycles. The number of aromatic nitrogens is 1. The van der Waals surface area contributed by atoms with Gasteiger partial charge in [-0.25, -0.2) is 4.98 Å². The highest BCUT2D eigenvalue weighted by molar-refractivity contribution is 7.09. The number of nitrogens with zero attached hydrogens (tertiary/aromatic N) is 4. The number of likely N-dealkylation sites (N-methyl/N-ethyl adjacent to an activating group) is 2. The first-order valence-electron chi connectivity index (χ1n) is 22.7. The number of likely N-dealkylation sites (tertiary alicyclic amines) is 1. The molecule has 1 aliphatic rings. The maximum absolute atomic E-state index is 14.6. The number of rotatable bonds is 23. The summed E-state index contributed by atoms with van der Waals surface area (Å²) < 4.78 is 6.13. The molecule has 1 aliphatic heterocycles. The van der Waals surface area contributed by atoms with E-state index in [1.807, 2.05) is 94.4 Å². The van der Waals surface area contributed by atoms with Gasteiger partial charge in [0.05, 0.1) is 30.7 Å². The van der Waals surface area contributed by atoms with E-state index in [-0.39, 0.29) is 71.7 Å². The van der Waals surface area contributed by atoms with E-state index in [2.05, 4.69) is 53.4 Å². The Morgan fingerprint density at radius 2 is 1.60 bits per heavy atom. The van der Waals surface area contributed by atoms with E-state index in [0.717, 1.165) is 41.8 Å². The molecule has 1 saturated heterocycles. The summed E-state index contributed by atoms with van der Waals surface area (Å²) in [4.78, 5) is 67.2. The lowest BCUT2D eigenvalue weighted by Gasteiger charge is -2.41. The molecule has 1 aromatic heterocycles. The van der Waals surface area contributed by atoms with Crippen LogP contribution < -0.4 is 16.4 Å². The van der Waals surface area contributed by atoms with Gasteiger partial charge in [0.2, 0.25) is 23.6 Å². The number of amides is 4. The van der Waals surface area contributed by atoms with E-state index in [4.69, 9.17) is 10.5 Å². The summed E-state index contributed by atoms with van der Waals surface area (Å²) in [6.45, 7) is 17.4. The van der Waals surface area contributed by atoms with Gasteiger partial charge in [0, 0.05) is 56.5 Å². The lowest BCUT2D eigenvalue weighted by atomic mass is 9.86. The predicted octanol–water partition coefficient (Wildman–Crippen LogP) is 7.01. The lowest BCUT2D eigenvalue weighted by molar-refractivity contribution is -0.147. The van der Waals surface area contributed by atoms with Crippen LogP contribution in [-0.4, -0.2) is 108 Å². The van der Waals surface area contributed by atoms with E-state index in [1.165, 1.54) is 11.3 Å². The first kappa shape index (κ1) is 50.3. The Bertz CT molecular complexity index is 1840. The topological polar surface area (TPSA) is 150 Å². The number of carbonyl (C=O) groups is 4. The Kier molecular flexibility index (Phi) is 19.4. The van der Waals surface area contributed by atoms with Gasteiger partial charge in [-0.1, -0.05) is 104 Å². The molecule has 12 nitrogen and oxygen atoms in total. The Hall–Kier alpha value is -4.33. The summed E-state index contributed by atoms with van der Waals surface area (Å²) in [7, 11) is 5.33. The molecule has 13 heteroatoms. The van der Waals surface area contributed by atoms with E-state index in [1.54, 1.807) is 25.3 Å². The highest BCUT2D eigenvalue weighted by atomic mass is 32.1. The highest BCUT2D eigenvalue weighted by Gasteiger charge is 2.42. The number of methoxy groups -OCH3 is 1. The fraction of sp³-hybridized carbons (Fsp3) is 0.612. The number of anilines is 1. The van der Waals surface area contributed by atoms with Crippen LogP contribution in [0.3, 0.4) is 0 Å². The number of nitrogens with two attached hydrogens (primary N) is 1. The minimum absolute atomic E-state index is 0.00149. The molecule has 0 spiro atoms. The van der Waals surface area contributed by atoms with Crippen molar-refractivity contribution in [1.29, 1.82) is 0 Å². The molecule has 0 bridgehead atoms. The quantitative estimate of drug-likeness (QED) is 0.0863. The third-order valence-corrected chi connectivity index (χ3v) is 14.1. The summed E-state index contributed by atoms with van der Waals surface area (Å²) in [5.74, 6) is -1.17. The third kappa shape index (κ3) is 13.3. The van der Waals surface area contributed by atoms with Crippen molar-refractivity contribution in [1.82, 2.24) is 30.3 Å². The van der Waals surface area contributed by atoms with Gasteiger partial charge >= 0.3 is 0 Å². The predicted molar refractivity (Wildman–Crippen MR) is 250 cm³/mol. The van der Waals surface area contributed by atoms with Gasteiger partial charge in [-0.05, 0) is 79.7 Å². The Labute approximate surface area is 375 Å². The van der Waals surface area contributed by atoms with Crippen molar-refractivity contribution in [3.05, 3.63) is 82.3 Å². The molecule has 0 radical (unpaired) electrons. The molecule has 1 fully saturated rings. The molecule has 4 amide bonds. The van der Waals surface area contributed by atoms with Gasteiger partial charge in [0.1, 0.15) is 11.0 Å². The molecule has 4 rings (SSSR count). The summed E-state index contributed by atoms with van der Waals surface area (Å²) in [5, 5.41) is 9.23. The maximum atomic E-state index is 14.6. The molecule has 2 heterocycles. The molecular weight excluding hydrogens is 799 g/mol. The van der Waals surface area contributed by atoms with E-state index in [0.29, 0.717) is 25.2 Å². The zero-order chi connectivity index (χ0) is 45.7. The molecule has 0 aliphatic carbocycles. The molecular formula is C49H75N7O5S. The number of ether oxygens (including phenoxy) is 1. The monoisotopic (exact) mass is 874 g/mol. The first-order chi connectivity index (χ1) is 29.5. The number of nitrogens with one attached hydrogen (secondary N) is 2. The van der Waals surface area contributed by atoms with Crippen molar-refractivity contribution in [2.75, 3.05) is 40.0 Å². The fourth-order valence-electron chi connectivity index (χ4n) is 9.11. The number of carbonyl (C=O) groups excluding carboxylic acids is 4. The first-order valence-corrected chi connectivity index (χ1v) is 23.5. The van der Waals surface area contributed by atoms with Crippen molar-refractivity contribution >= 4 is 40.7 Å². The lowest BCUT2D eigenvalue weighted by Crippen LogP contribution is -2.60. The summed E-state index contributed by atoms with van der Waals surface area (Å²) in [5.41, 5.74) is 8.85. The average molecular weight is 874 g/mol. The zero-order valence-corrected chi connectivity index (χ0v) is 40.0. The van der Waals surface area contributed by atoms with Crippen LogP contribution in [0.1, 0.15) is 103 Å². The van der Waals surface area contributed by atoms with Crippen molar-refractivity contribution in [3.63, 3.8) is 0 Å². The Morgan fingerprint density at radius 1 is 0.919 bits per heavy atom. The minimum Gasteiger partial charge on any atom is -0.399 e. The van der Waals surface area contributed by atoms with Crippen LogP contribution in [0.2, 0.25) is 0 Å². The minimum atomic E-state index is -0.779. The molecule has 0 unspecified atom stereocenters. The van der Waals surface area contributed by atoms with Crippen LogP contribution in [-0.2, 0) is 36.8 Å². The molecule has 3 aromatic rings. The largest absolute Gasteiger partial charge is 0.399 e. The van der Waals surface area contributed by atoms with Crippen LogP contribution in [0.15, 0.2) is 66.2 Å². The maximum Gasteiger partial charge on any atom is 0.245 e. The van der Waals surface area contributed by atoms with Gasteiger partial charge in [-0.15, -0.1) is 11.3 Å². The van der Waals surface area contributed by atoms with E-state index in [9.17, 15) is 19.2 Å². The van der Waals surface area contributed by atoms with Crippen LogP contribution in [0.5, 0.6) is 0 Å². The van der Waals surface area contributed by atoms with Crippen LogP contribution in [0.25, 0.3) is 0 Å². The Morgan fingerprint density at radius 3 is 2.18 bits per heavy atom. The SMILES string of the molecule is CC[C@H](C)[C@@H]([C@@H](CC(=O)N1CCC[C@H]1[C@H](C)[C@@H](C)C(=O)N[C@@H](Cc1ccccc1)c1nccs1)OC)N(C)C(=O)[C@@H](NC(=O)[C@H](C(C)C)N(C)CCc1ccc(N)cc1)C(C)C. The second-order valence-electron chi connectivity index (χ2n) is 18.3. The molecule has 342 valence electrons. The van der Waals surface area contributed by atoms with Crippen LogP contribution in [0, 0.1) is 29.6 Å². The van der Waals surface area contributed by atoms with Gasteiger partial charge in [-0.2, -0.15) is 0 Å². The number of hydrogen-bond acceptors (Lipinski definition) is 9.